The van der Waals surface area contributed by atoms with Gasteiger partial charge in [-0.05, 0) is 51.9 Å². The van der Waals surface area contributed by atoms with Gasteiger partial charge in [-0.25, -0.2) is 0 Å². The van der Waals surface area contributed by atoms with Gasteiger partial charge in [0, 0.05) is 37.3 Å². The van der Waals surface area contributed by atoms with Crippen LogP contribution in [0.3, 0.4) is 0 Å². The number of likely N-dealkylation sites (tertiary alicyclic amines) is 1. The van der Waals surface area contributed by atoms with Crippen molar-refractivity contribution in [3.05, 3.63) is 0 Å². The minimum atomic E-state index is -0.178. The summed E-state index contributed by atoms with van der Waals surface area (Å²) in [7, 11) is 0. The Kier molecular flexibility index (Phi) is 6.78. The number of rotatable bonds is 7. The minimum Gasteiger partial charge on any atom is -0.351 e. The highest BCUT2D eigenvalue weighted by atomic mass is 16.2. The Labute approximate surface area is 156 Å². The second-order valence-electron chi connectivity index (χ2n) is 11.3. The normalized spacial score (nSPS) is 18.2. The molecule has 25 heavy (non-hydrogen) atoms. The molecule has 1 amide bonds. The van der Waals surface area contributed by atoms with Crippen LogP contribution in [0.25, 0.3) is 0 Å². The molecule has 0 atom stereocenters. The monoisotopic (exact) mass is 353 g/mol. The lowest BCUT2D eigenvalue weighted by Crippen LogP contribution is -2.59. The molecule has 0 aromatic heterocycles. The van der Waals surface area contributed by atoms with Gasteiger partial charge in [0.2, 0.25) is 5.91 Å². The van der Waals surface area contributed by atoms with Crippen molar-refractivity contribution in [2.45, 2.75) is 86.7 Å². The van der Waals surface area contributed by atoms with Gasteiger partial charge >= 0.3 is 0 Å². The summed E-state index contributed by atoms with van der Waals surface area (Å²) in [6.07, 6.45) is 0.973. The molecule has 148 valence electrons. The Bertz CT molecular complexity index is 449. The Hall–Kier alpha value is -0.610. The molecule has 0 aromatic rings. The fourth-order valence-corrected chi connectivity index (χ4v) is 3.36. The number of amides is 1. The van der Waals surface area contributed by atoms with Crippen LogP contribution in [0.15, 0.2) is 0 Å². The molecule has 0 spiro atoms. The predicted octanol–water partition coefficient (Wildman–Crippen LogP) is 3.66. The van der Waals surface area contributed by atoms with E-state index in [4.69, 9.17) is 0 Å². The Morgan fingerprint density at radius 3 is 1.92 bits per heavy atom. The van der Waals surface area contributed by atoms with Crippen LogP contribution in [0.2, 0.25) is 0 Å². The van der Waals surface area contributed by atoms with Crippen LogP contribution in [-0.2, 0) is 4.79 Å². The van der Waals surface area contributed by atoms with Crippen molar-refractivity contribution >= 4 is 5.91 Å². The smallest absolute Gasteiger partial charge is 0.226 e. The molecule has 0 unspecified atom stereocenters. The lowest BCUT2D eigenvalue weighted by Gasteiger charge is -2.45. The minimum absolute atomic E-state index is 0.145. The van der Waals surface area contributed by atoms with E-state index in [0.29, 0.717) is 0 Å². The number of nitrogens with one attached hydrogen (secondary N) is 2. The molecule has 4 nitrogen and oxygen atoms in total. The van der Waals surface area contributed by atoms with Gasteiger partial charge in [-0.2, -0.15) is 0 Å². The van der Waals surface area contributed by atoms with E-state index in [2.05, 4.69) is 84.8 Å². The quantitative estimate of drug-likeness (QED) is 0.734. The fraction of sp³-hybridized carbons (Fsp3) is 0.952. The van der Waals surface area contributed by atoms with E-state index in [1.807, 2.05) is 0 Å². The zero-order valence-corrected chi connectivity index (χ0v) is 18.5. The van der Waals surface area contributed by atoms with E-state index < -0.39 is 0 Å². The van der Waals surface area contributed by atoms with Gasteiger partial charge in [0.25, 0.3) is 0 Å². The maximum atomic E-state index is 12.6. The summed E-state index contributed by atoms with van der Waals surface area (Å²) >= 11 is 0. The molecule has 0 aliphatic carbocycles. The van der Waals surface area contributed by atoms with Crippen LogP contribution in [0.5, 0.6) is 0 Å². The Morgan fingerprint density at radius 1 is 0.960 bits per heavy atom. The zero-order valence-electron chi connectivity index (χ0n) is 18.5. The first-order valence-electron chi connectivity index (χ1n) is 9.82. The number of hydrogen-bond donors (Lipinski definition) is 2. The van der Waals surface area contributed by atoms with Crippen molar-refractivity contribution in [3.63, 3.8) is 0 Å². The van der Waals surface area contributed by atoms with Crippen LogP contribution in [-0.4, -0.2) is 48.1 Å². The highest BCUT2D eigenvalue weighted by molar-refractivity contribution is 5.80. The number of carbonyl (C=O) groups excluding carboxylic acids is 1. The Morgan fingerprint density at radius 2 is 1.48 bits per heavy atom. The molecule has 4 heteroatoms. The summed E-state index contributed by atoms with van der Waals surface area (Å²) in [6, 6.07) is 0. The van der Waals surface area contributed by atoms with E-state index in [1.54, 1.807) is 0 Å². The molecular weight excluding hydrogens is 310 g/mol. The largest absolute Gasteiger partial charge is 0.351 e. The third-order valence-electron chi connectivity index (χ3n) is 5.79. The summed E-state index contributed by atoms with van der Waals surface area (Å²) in [5.74, 6) is 0.362. The molecule has 1 aliphatic rings. The first kappa shape index (κ1) is 22.4. The first-order chi connectivity index (χ1) is 11.0. The summed E-state index contributed by atoms with van der Waals surface area (Å²) in [4.78, 5) is 15.0. The van der Waals surface area contributed by atoms with Crippen LogP contribution in [0.1, 0.15) is 75.7 Å². The van der Waals surface area contributed by atoms with E-state index in [9.17, 15) is 4.79 Å². The average Bonchev–Trinajstić information content (AvgIpc) is 2.26. The molecule has 1 fully saturated rings. The maximum absolute atomic E-state index is 12.6. The van der Waals surface area contributed by atoms with Crippen molar-refractivity contribution in [2.75, 3.05) is 26.2 Å². The van der Waals surface area contributed by atoms with Gasteiger partial charge in [0.15, 0.2) is 0 Å². The number of carbonyl (C=O) groups is 1. The lowest BCUT2D eigenvalue weighted by molar-refractivity contribution is -0.132. The van der Waals surface area contributed by atoms with Crippen molar-refractivity contribution in [1.29, 1.82) is 0 Å². The standard InChI is InChI=1S/C21H43N3O/c1-18(2,3)20(7,8)15-21(9,10)23-17(25)16-13-24(14-16)12-11-22-19(4,5)6/h16,22H,11-15H2,1-10H3,(H,23,25). The van der Waals surface area contributed by atoms with Crippen molar-refractivity contribution < 1.29 is 4.79 Å². The molecule has 1 heterocycles. The molecule has 1 rings (SSSR count). The highest BCUT2D eigenvalue weighted by Gasteiger charge is 2.40. The number of nitrogens with zero attached hydrogens (tertiary/aromatic N) is 1. The molecule has 1 aliphatic heterocycles. The average molecular weight is 354 g/mol. The van der Waals surface area contributed by atoms with E-state index in [0.717, 1.165) is 32.6 Å². The molecule has 0 bridgehead atoms. The summed E-state index contributed by atoms with van der Waals surface area (Å²) in [5.41, 5.74) is 0.351. The SMILES string of the molecule is CC(C)(C)NCCN1CC(C(=O)NC(C)(C)CC(C)(C)C(C)(C)C)C1. The Balaban J connectivity index is 2.40. The first-order valence-corrected chi connectivity index (χ1v) is 9.82. The third-order valence-corrected chi connectivity index (χ3v) is 5.79. The van der Waals surface area contributed by atoms with Crippen molar-refractivity contribution in [2.24, 2.45) is 16.7 Å². The van der Waals surface area contributed by atoms with Crippen molar-refractivity contribution in [1.82, 2.24) is 15.5 Å². The maximum Gasteiger partial charge on any atom is 0.226 e. The van der Waals surface area contributed by atoms with Crippen LogP contribution in [0, 0.1) is 16.7 Å². The summed E-state index contributed by atoms with van der Waals surface area (Å²) < 4.78 is 0. The van der Waals surface area contributed by atoms with E-state index in [-0.39, 0.29) is 33.7 Å². The van der Waals surface area contributed by atoms with Gasteiger partial charge < -0.3 is 15.5 Å². The van der Waals surface area contributed by atoms with E-state index in [1.165, 1.54) is 0 Å². The van der Waals surface area contributed by atoms with Gasteiger partial charge in [-0.1, -0.05) is 34.6 Å². The van der Waals surface area contributed by atoms with Crippen molar-refractivity contribution in [3.8, 4) is 0 Å². The second-order valence-corrected chi connectivity index (χ2v) is 11.3. The number of hydrogen-bond acceptors (Lipinski definition) is 3. The molecule has 0 saturated carbocycles. The van der Waals surface area contributed by atoms with Crippen LogP contribution >= 0.6 is 0 Å². The van der Waals surface area contributed by atoms with Gasteiger partial charge in [0.1, 0.15) is 0 Å². The van der Waals surface area contributed by atoms with Gasteiger partial charge in [-0.15, -0.1) is 0 Å². The zero-order chi connectivity index (χ0) is 19.7. The van der Waals surface area contributed by atoms with E-state index >= 15 is 0 Å². The fourth-order valence-electron chi connectivity index (χ4n) is 3.36. The van der Waals surface area contributed by atoms with Crippen LogP contribution in [0.4, 0.5) is 0 Å². The van der Waals surface area contributed by atoms with Gasteiger partial charge in [-0.3, -0.25) is 4.79 Å². The predicted molar refractivity (Wildman–Crippen MR) is 108 cm³/mol. The topological polar surface area (TPSA) is 44.4 Å². The highest BCUT2D eigenvalue weighted by Crippen LogP contribution is 2.43. The third kappa shape index (κ3) is 7.26. The molecule has 0 radical (unpaired) electrons. The second kappa shape index (κ2) is 7.56. The summed E-state index contributed by atoms with van der Waals surface area (Å²) in [6.45, 7) is 26.0. The summed E-state index contributed by atoms with van der Waals surface area (Å²) in [5, 5.41) is 6.81. The molecule has 0 aromatic carbocycles. The lowest BCUT2D eigenvalue weighted by atomic mass is 9.64. The molecule has 1 saturated heterocycles. The van der Waals surface area contributed by atoms with Gasteiger partial charge in [0.05, 0.1) is 5.92 Å². The van der Waals surface area contributed by atoms with Crippen LogP contribution < -0.4 is 10.6 Å². The molecular formula is C21H43N3O. The molecule has 2 N–H and O–H groups in total.